The van der Waals surface area contributed by atoms with Crippen molar-refractivity contribution in [2.75, 3.05) is 26.4 Å². The van der Waals surface area contributed by atoms with Gasteiger partial charge in [-0.05, 0) is 20.8 Å². The van der Waals surface area contributed by atoms with Gasteiger partial charge >= 0.3 is 8.80 Å². The molecule has 3 N–H and O–H groups in total. The molecule has 0 fully saturated rings. The van der Waals surface area contributed by atoms with Crippen molar-refractivity contribution in [3.05, 3.63) is 0 Å². The Balaban J connectivity index is 4.79. The molecule has 0 aliphatic rings. The molecule has 0 aliphatic heterocycles. The minimum absolute atomic E-state index is 0.0952. The molecule has 0 saturated carbocycles. The van der Waals surface area contributed by atoms with Crippen molar-refractivity contribution in [2.45, 2.75) is 39.7 Å². The van der Waals surface area contributed by atoms with Crippen molar-refractivity contribution in [3.63, 3.8) is 0 Å². The van der Waals surface area contributed by atoms with Crippen molar-refractivity contribution in [1.29, 1.82) is 0 Å². The van der Waals surface area contributed by atoms with E-state index in [4.69, 9.17) is 19.0 Å². The molecule has 0 aliphatic carbocycles. The highest BCUT2D eigenvalue weighted by Gasteiger charge is 2.47. The lowest BCUT2D eigenvalue weighted by Crippen LogP contribution is -2.51. The van der Waals surface area contributed by atoms with Gasteiger partial charge in [-0.25, -0.2) is 0 Å². The number of rotatable bonds is 10. The summed E-state index contributed by atoms with van der Waals surface area (Å²) in [6.07, 6.45) is 0.0952. The van der Waals surface area contributed by atoms with E-state index in [9.17, 15) is 9.59 Å². The zero-order valence-electron chi connectivity index (χ0n) is 12.7. The number of nitrogens with one attached hydrogen (secondary N) is 1. The Hall–Kier alpha value is -0.803. The van der Waals surface area contributed by atoms with Crippen molar-refractivity contribution < 1.29 is 22.9 Å². The number of nitrogens with two attached hydrogens (primary N) is 1. The molecule has 20 heavy (non-hydrogen) atoms. The number of carbonyl (C=O) groups excluding carboxylic acids is 2. The van der Waals surface area contributed by atoms with Gasteiger partial charge in [0.05, 0.1) is 6.54 Å². The summed E-state index contributed by atoms with van der Waals surface area (Å²) in [5, 5.41) is 2.21. The fraction of sp³-hybridized carbons (Fsp3) is 0.833. The summed E-state index contributed by atoms with van der Waals surface area (Å²) >= 11 is 0. The maximum absolute atomic E-state index is 11.8. The monoisotopic (exact) mass is 306 g/mol. The van der Waals surface area contributed by atoms with E-state index in [2.05, 4.69) is 5.32 Å². The summed E-state index contributed by atoms with van der Waals surface area (Å²) in [6.45, 7) is 8.50. The molecule has 7 nitrogen and oxygen atoms in total. The molecule has 8 heteroatoms. The SMILES string of the molecule is CCO[Si](OCC)(OCC)C(C)CC(=O)NC(=O)CN. The minimum atomic E-state index is -2.93. The van der Waals surface area contributed by atoms with E-state index in [0.29, 0.717) is 19.8 Å². The Morgan fingerprint density at radius 2 is 1.50 bits per heavy atom. The van der Waals surface area contributed by atoms with Crippen LogP contribution in [0.1, 0.15) is 34.1 Å². The van der Waals surface area contributed by atoms with Crippen molar-refractivity contribution in [2.24, 2.45) is 5.73 Å². The van der Waals surface area contributed by atoms with E-state index in [0.717, 1.165) is 0 Å². The summed E-state index contributed by atoms with van der Waals surface area (Å²) in [5.74, 6) is -0.900. The number of carbonyl (C=O) groups is 2. The first-order chi connectivity index (χ1) is 9.45. The Kier molecular flexibility index (Phi) is 9.60. The number of hydrogen-bond acceptors (Lipinski definition) is 6. The van der Waals surface area contributed by atoms with E-state index >= 15 is 0 Å². The number of amides is 2. The maximum Gasteiger partial charge on any atom is 0.504 e. The Labute approximate surface area is 121 Å². The van der Waals surface area contributed by atoms with Crippen LogP contribution in [0.15, 0.2) is 0 Å². The van der Waals surface area contributed by atoms with Crippen molar-refractivity contribution in [3.8, 4) is 0 Å². The van der Waals surface area contributed by atoms with Gasteiger partial charge in [-0.2, -0.15) is 0 Å². The highest BCUT2D eigenvalue weighted by Crippen LogP contribution is 2.28. The van der Waals surface area contributed by atoms with Crippen LogP contribution in [0.25, 0.3) is 0 Å². The van der Waals surface area contributed by atoms with Gasteiger partial charge in [-0.15, -0.1) is 0 Å². The van der Waals surface area contributed by atoms with Gasteiger partial charge in [0.2, 0.25) is 11.8 Å². The summed E-state index contributed by atoms with van der Waals surface area (Å²) in [6, 6.07) is 0. The minimum Gasteiger partial charge on any atom is -0.374 e. The van der Waals surface area contributed by atoms with Crippen LogP contribution in [0, 0.1) is 0 Å². The lowest BCUT2D eigenvalue weighted by Gasteiger charge is -2.33. The van der Waals surface area contributed by atoms with Crippen LogP contribution in [-0.2, 0) is 22.9 Å². The van der Waals surface area contributed by atoms with Crippen LogP contribution in [0.5, 0.6) is 0 Å². The molecule has 0 aromatic heterocycles. The second kappa shape index (κ2) is 10.0. The van der Waals surface area contributed by atoms with Gasteiger partial charge < -0.3 is 19.0 Å². The van der Waals surface area contributed by atoms with Gasteiger partial charge in [-0.1, -0.05) is 6.92 Å². The maximum atomic E-state index is 11.8. The second-order valence-electron chi connectivity index (χ2n) is 4.18. The lowest BCUT2D eigenvalue weighted by molar-refractivity contribution is -0.129. The average Bonchev–Trinajstić information content (AvgIpc) is 2.39. The summed E-state index contributed by atoms with van der Waals surface area (Å²) < 4.78 is 17.1. The first-order valence-electron chi connectivity index (χ1n) is 6.90. The molecule has 0 radical (unpaired) electrons. The highest BCUT2D eigenvalue weighted by molar-refractivity contribution is 6.62. The molecule has 0 rings (SSSR count). The van der Waals surface area contributed by atoms with Crippen molar-refractivity contribution >= 4 is 20.6 Å². The molecule has 118 valence electrons. The van der Waals surface area contributed by atoms with Crippen LogP contribution < -0.4 is 11.1 Å². The van der Waals surface area contributed by atoms with E-state index in [1.165, 1.54) is 0 Å². The predicted molar refractivity (Wildman–Crippen MR) is 76.9 cm³/mol. The van der Waals surface area contributed by atoms with Crippen molar-refractivity contribution in [1.82, 2.24) is 5.32 Å². The zero-order valence-corrected chi connectivity index (χ0v) is 13.7. The molecule has 0 bridgehead atoms. The van der Waals surface area contributed by atoms with Gasteiger partial charge in [0.1, 0.15) is 0 Å². The van der Waals surface area contributed by atoms with Gasteiger partial charge in [-0.3, -0.25) is 14.9 Å². The first kappa shape index (κ1) is 19.2. The molecule has 2 amide bonds. The second-order valence-corrected chi connectivity index (χ2v) is 7.24. The first-order valence-corrected chi connectivity index (χ1v) is 8.70. The molecule has 0 aromatic rings. The topological polar surface area (TPSA) is 99.9 Å². The summed E-state index contributed by atoms with van der Waals surface area (Å²) in [5.41, 5.74) is 4.91. The number of imide groups is 1. The fourth-order valence-electron chi connectivity index (χ4n) is 1.82. The van der Waals surface area contributed by atoms with Gasteiger partial charge in [0.25, 0.3) is 0 Å². The van der Waals surface area contributed by atoms with E-state index in [-0.39, 0.29) is 18.5 Å². The summed E-state index contributed by atoms with van der Waals surface area (Å²) in [7, 11) is -2.93. The van der Waals surface area contributed by atoms with Gasteiger partial charge in [0, 0.05) is 31.8 Å². The Morgan fingerprint density at radius 1 is 1.05 bits per heavy atom. The van der Waals surface area contributed by atoms with E-state index < -0.39 is 20.6 Å². The molecule has 0 aromatic carbocycles. The molecular formula is C12H26N2O5Si. The quantitative estimate of drug-likeness (QED) is 0.567. The lowest BCUT2D eigenvalue weighted by atomic mass is 10.3. The van der Waals surface area contributed by atoms with E-state index in [1.807, 2.05) is 27.7 Å². The third kappa shape index (κ3) is 6.10. The Morgan fingerprint density at radius 3 is 1.85 bits per heavy atom. The molecule has 0 spiro atoms. The van der Waals surface area contributed by atoms with Crippen LogP contribution in [0.4, 0.5) is 0 Å². The smallest absolute Gasteiger partial charge is 0.374 e. The molecule has 0 heterocycles. The predicted octanol–water partition coefficient (Wildman–Crippen LogP) is 0.417. The summed E-state index contributed by atoms with van der Waals surface area (Å²) in [4.78, 5) is 22.8. The highest BCUT2D eigenvalue weighted by atomic mass is 28.4. The average molecular weight is 306 g/mol. The van der Waals surface area contributed by atoms with E-state index in [1.54, 1.807) is 0 Å². The third-order valence-corrected chi connectivity index (χ3v) is 6.08. The van der Waals surface area contributed by atoms with Crippen LogP contribution in [-0.4, -0.2) is 47.0 Å². The largest absolute Gasteiger partial charge is 0.504 e. The van der Waals surface area contributed by atoms with Crippen LogP contribution in [0.2, 0.25) is 5.54 Å². The van der Waals surface area contributed by atoms with Gasteiger partial charge in [0.15, 0.2) is 0 Å². The fourth-order valence-corrected chi connectivity index (χ4v) is 4.56. The standard InChI is InChI=1S/C12H26N2O5Si/c1-5-17-20(18-6-2,19-7-3)10(4)8-11(15)14-12(16)9-13/h10H,5-9,13H2,1-4H3,(H,14,15,16). The van der Waals surface area contributed by atoms with Crippen LogP contribution in [0.3, 0.4) is 0 Å². The Bertz CT molecular complexity index is 297. The van der Waals surface area contributed by atoms with Crippen LogP contribution >= 0.6 is 0 Å². The third-order valence-electron chi connectivity index (χ3n) is 2.60. The molecule has 0 saturated heterocycles. The molecular weight excluding hydrogens is 280 g/mol. The normalized spacial score (nSPS) is 13.1. The zero-order chi connectivity index (χ0) is 15.6. The molecule has 1 atom stereocenters. The molecule has 1 unspecified atom stereocenters. The number of hydrogen-bond donors (Lipinski definition) is 2.